The molecule has 0 aromatic heterocycles. The van der Waals surface area contributed by atoms with E-state index in [1.165, 1.54) is 0 Å². The van der Waals surface area contributed by atoms with Gasteiger partial charge in [0, 0.05) is 6.04 Å². The molecule has 1 heterocycles. The van der Waals surface area contributed by atoms with Crippen LogP contribution < -0.4 is 15.2 Å². The number of hydrogen-bond acceptors (Lipinski definition) is 5. The zero-order valence-electron chi connectivity index (χ0n) is 13.7. The Morgan fingerprint density at radius 1 is 1.04 bits per heavy atom. The van der Waals surface area contributed by atoms with Crippen LogP contribution in [0, 0.1) is 5.92 Å². The summed E-state index contributed by atoms with van der Waals surface area (Å²) < 4.78 is 11.4. The van der Waals surface area contributed by atoms with Crippen molar-refractivity contribution < 1.29 is 19.7 Å². The fourth-order valence-electron chi connectivity index (χ4n) is 2.99. The van der Waals surface area contributed by atoms with E-state index in [2.05, 4.69) is 0 Å². The number of benzene rings is 2. The van der Waals surface area contributed by atoms with E-state index in [-0.39, 0.29) is 24.9 Å². The molecule has 2 aromatic rings. The monoisotopic (exact) mass is 329 g/mol. The summed E-state index contributed by atoms with van der Waals surface area (Å²) in [7, 11) is 0. The third kappa shape index (κ3) is 3.47. The predicted molar refractivity (Wildman–Crippen MR) is 91.3 cm³/mol. The summed E-state index contributed by atoms with van der Waals surface area (Å²) in [6.45, 7) is 2.17. The third-order valence-corrected chi connectivity index (χ3v) is 4.53. The molecule has 0 radical (unpaired) electrons. The van der Waals surface area contributed by atoms with Crippen LogP contribution in [-0.4, -0.2) is 35.1 Å². The van der Waals surface area contributed by atoms with E-state index in [1.54, 1.807) is 12.1 Å². The lowest BCUT2D eigenvalue weighted by Gasteiger charge is -2.35. The predicted octanol–water partition coefficient (Wildman–Crippen LogP) is 2.10. The van der Waals surface area contributed by atoms with Gasteiger partial charge in [-0.05, 0) is 42.2 Å². The van der Waals surface area contributed by atoms with Gasteiger partial charge in [-0.2, -0.15) is 0 Å². The van der Waals surface area contributed by atoms with Crippen molar-refractivity contribution in [3.63, 3.8) is 0 Å². The normalized spacial score (nSPS) is 18.5. The first-order valence-corrected chi connectivity index (χ1v) is 8.08. The molecule has 2 atom stereocenters. The maximum absolute atomic E-state index is 11.0. The van der Waals surface area contributed by atoms with Gasteiger partial charge in [-0.1, -0.05) is 31.2 Å². The number of rotatable bonds is 4. The van der Waals surface area contributed by atoms with Gasteiger partial charge in [0.2, 0.25) is 0 Å². The highest BCUT2D eigenvalue weighted by molar-refractivity contribution is 5.40. The molecule has 5 nitrogen and oxygen atoms in total. The van der Waals surface area contributed by atoms with Gasteiger partial charge in [0.15, 0.2) is 11.5 Å². The molecule has 24 heavy (non-hydrogen) atoms. The number of ether oxygens (including phenoxy) is 2. The molecule has 0 spiro atoms. The van der Waals surface area contributed by atoms with Crippen molar-refractivity contribution in [3.05, 3.63) is 54.1 Å². The van der Waals surface area contributed by atoms with Crippen LogP contribution in [0.1, 0.15) is 12.5 Å². The van der Waals surface area contributed by atoms with Crippen molar-refractivity contribution in [2.45, 2.75) is 25.0 Å². The fraction of sp³-hybridized carbons (Fsp3) is 0.368. The Morgan fingerprint density at radius 3 is 2.12 bits per heavy atom. The Labute approximate surface area is 141 Å². The number of fused-ring (bicyclic) bond motifs is 1. The van der Waals surface area contributed by atoms with Crippen molar-refractivity contribution in [1.82, 2.24) is 0 Å². The fourth-order valence-corrected chi connectivity index (χ4v) is 2.99. The van der Waals surface area contributed by atoms with E-state index in [9.17, 15) is 10.2 Å². The van der Waals surface area contributed by atoms with Crippen LogP contribution in [0.3, 0.4) is 0 Å². The smallest absolute Gasteiger partial charge is 0.161 e. The van der Waals surface area contributed by atoms with Crippen LogP contribution in [-0.2, 0) is 6.42 Å². The lowest BCUT2D eigenvalue weighted by atomic mass is 9.83. The Morgan fingerprint density at radius 2 is 1.58 bits per heavy atom. The molecule has 2 unspecified atom stereocenters. The number of para-hydroxylation sites is 2. The summed E-state index contributed by atoms with van der Waals surface area (Å²) >= 11 is 0. The van der Waals surface area contributed by atoms with E-state index in [1.807, 2.05) is 43.3 Å². The molecule has 2 aromatic carbocycles. The van der Waals surface area contributed by atoms with Crippen molar-refractivity contribution >= 4 is 0 Å². The SMILES string of the molecule is CC(Cc1ccc(O)cc1)C(N)C1(O)COc2ccccc2OC1. The Balaban J connectivity index is 1.69. The summed E-state index contributed by atoms with van der Waals surface area (Å²) in [5.74, 6) is 1.48. The lowest BCUT2D eigenvalue weighted by Crippen LogP contribution is -2.58. The van der Waals surface area contributed by atoms with Crippen LogP contribution >= 0.6 is 0 Å². The quantitative estimate of drug-likeness (QED) is 0.800. The second-order valence-electron chi connectivity index (χ2n) is 6.50. The molecule has 4 N–H and O–H groups in total. The van der Waals surface area contributed by atoms with Gasteiger partial charge in [0.1, 0.15) is 24.6 Å². The molecule has 128 valence electrons. The number of phenolic OH excluding ortho intramolecular Hbond substituents is 1. The zero-order chi connectivity index (χ0) is 17.2. The number of aliphatic hydroxyl groups is 1. The second-order valence-corrected chi connectivity index (χ2v) is 6.50. The Hall–Kier alpha value is -2.24. The first-order valence-electron chi connectivity index (χ1n) is 8.08. The molecule has 0 saturated heterocycles. The summed E-state index contributed by atoms with van der Waals surface area (Å²) in [4.78, 5) is 0. The zero-order valence-corrected chi connectivity index (χ0v) is 13.7. The molecule has 0 bridgehead atoms. The highest BCUT2D eigenvalue weighted by Gasteiger charge is 2.41. The average Bonchev–Trinajstić information content (AvgIpc) is 2.77. The van der Waals surface area contributed by atoms with Crippen LogP contribution in [0.4, 0.5) is 0 Å². The van der Waals surface area contributed by atoms with Crippen molar-refractivity contribution in [2.24, 2.45) is 11.7 Å². The molecule has 0 aliphatic carbocycles. The van der Waals surface area contributed by atoms with Gasteiger partial charge >= 0.3 is 0 Å². The van der Waals surface area contributed by atoms with Gasteiger partial charge < -0.3 is 25.4 Å². The minimum Gasteiger partial charge on any atom is -0.508 e. The van der Waals surface area contributed by atoms with E-state index in [0.29, 0.717) is 17.9 Å². The number of phenols is 1. The van der Waals surface area contributed by atoms with E-state index >= 15 is 0 Å². The summed E-state index contributed by atoms with van der Waals surface area (Å²) in [6, 6.07) is 13.9. The molecule has 1 aliphatic rings. The van der Waals surface area contributed by atoms with Crippen molar-refractivity contribution in [2.75, 3.05) is 13.2 Å². The summed E-state index contributed by atoms with van der Waals surface area (Å²) in [6.07, 6.45) is 0.691. The maximum Gasteiger partial charge on any atom is 0.161 e. The first kappa shape index (κ1) is 16.6. The number of aromatic hydroxyl groups is 1. The summed E-state index contributed by atoms with van der Waals surface area (Å²) in [5, 5.41) is 20.3. The van der Waals surface area contributed by atoms with Crippen LogP contribution in [0.5, 0.6) is 17.2 Å². The van der Waals surface area contributed by atoms with Crippen LogP contribution in [0.15, 0.2) is 48.5 Å². The highest BCUT2D eigenvalue weighted by atomic mass is 16.6. The van der Waals surface area contributed by atoms with Gasteiger partial charge in [-0.3, -0.25) is 0 Å². The molecular weight excluding hydrogens is 306 g/mol. The lowest BCUT2D eigenvalue weighted by molar-refractivity contribution is -0.0591. The van der Waals surface area contributed by atoms with Crippen molar-refractivity contribution in [3.8, 4) is 17.2 Å². The molecular formula is C19H23NO4. The molecule has 3 rings (SSSR count). The minimum absolute atomic E-state index is 0.00737. The standard InChI is InChI=1S/C19H23NO4/c1-13(10-14-6-8-15(21)9-7-14)18(20)19(22)11-23-16-4-2-3-5-17(16)24-12-19/h2-9,13,18,21-22H,10-12,20H2,1H3. The van der Waals surface area contributed by atoms with Crippen LogP contribution in [0.2, 0.25) is 0 Å². The van der Waals surface area contributed by atoms with Crippen LogP contribution in [0.25, 0.3) is 0 Å². The average molecular weight is 329 g/mol. The van der Waals surface area contributed by atoms with E-state index < -0.39 is 11.6 Å². The molecule has 0 saturated carbocycles. The van der Waals surface area contributed by atoms with Gasteiger partial charge in [-0.15, -0.1) is 0 Å². The maximum atomic E-state index is 11.0. The molecule has 1 aliphatic heterocycles. The summed E-state index contributed by atoms with van der Waals surface area (Å²) in [5.41, 5.74) is 6.13. The first-order chi connectivity index (χ1) is 11.5. The Kier molecular flexibility index (Phi) is 4.64. The molecule has 0 fully saturated rings. The molecule has 0 amide bonds. The van der Waals surface area contributed by atoms with Crippen molar-refractivity contribution in [1.29, 1.82) is 0 Å². The minimum atomic E-state index is -1.27. The van der Waals surface area contributed by atoms with Gasteiger partial charge in [-0.25, -0.2) is 0 Å². The van der Waals surface area contributed by atoms with E-state index in [0.717, 1.165) is 5.56 Å². The second kappa shape index (κ2) is 6.71. The van der Waals surface area contributed by atoms with Gasteiger partial charge in [0.25, 0.3) is 0 Å². The number of nitrogens with two attached hydrogens (primary N) is 1. The largest absolute Gasteiger partial charge is 0.508 e. The van der Waals surface area contributed by atoms with Gasteiger partial charge in [0.05, 0.1) is 0 Å². The third-order valence-electron chi connectivity index (χ3n) is 4.53. The topological polar surface area (TPSA) is 84.9 Å². The number of hydrogen-bond donors (Lipinski definition) is 3. The highest BCUT2D eigenvalue weighted by Crippen LogP contribution is 2.32. The van der Waals surface area contributed by atoms with E-state index in [4.69, 9.17) is 15.2 Å². The Bertz CT molecular complexity index is 659. The molecule has 5 heteroatoms.